The van der Waals surface area contributed by atoms with E-state index in [-0.39, 0.29) is 0 Å². The lowest BCUT2D eigenvalue weighted by atomic mass is 10.1. The summed E-state index contributed by atoms with van der Waals surface area (Å²) < 4.78 is 11.4. The van der Waals surface area contributed by atoms with Crippen LogP contribution in [0.3, 0.4) is 0 Å². The van der Waals surface area contributed by atoms with Crippen LogP contribution < -0.4 is 14.8 Å². The fraction of sp³-hybridized carbons (Fsp3) is 0.294. The van der Waals surface area contributed by atoms with Crippen LogP contribution in [0.15, 0.2) is 48.5 Å². The Kier molecular flexibility index (Phi) is 5.44. The van der Waals surface area contributed by atoms with Crippen LogP contribution in [0.4, 0.5) is 0 Å². The third kappa shape index (κ3) is 4.00. The number of hydrogen-bond donors (Lipinski definition) is 1. The van der Waals surface area contributed by atoms with Crippen LogP contribution >= 0.6 is 0 Å². The number of benzene rings is 2. The summed E-state index contributed by atoms with van der Waals surface area (Å²) in [7, 11) is 1.95. The average molecular weight is 271 g/mol. The molecule has 1 N–H and O–H groups in total. The second-order valence-electron chi connectivity index (χ2n) is 4.52. The molecule has 0 aliphatic heterocycles. The molecule has 0 aromatic heterocycles. The van der Waals surface area contributed by atoms with Gasteiger partial charge in [-0.2, -0.15) is 0 Å². The Labute approximate surface area is 120 Å². The molecule has 2 aromatic carbocycles. The number of ether oxygens (including phenoxy) is 2. The van der Waals surface area contributed by atoms with Crippen molar-refractivity contribution in [2.24, 2.45) is 0 Å². The maximum atomic E-state index is 5.86. The van der Waals surface area contributed by atoms with Gasteiger partial charge in [0, 0.05) is 6.54 Å². The minimum absolute atomic E-state index is 0.543. The lowest BCUT2D eigenvalue weighted by molar-refractivity contribution is 0.269. The van der Waals surface area contributed by atoms with E-state index in [2.05, 4.69) is 29.6 Å². The average Bonchev–Trinajstić information content (AvgIpc) is 2.47. The highest BCUT2D eigenvalue weighted by Gasteiger charge is 2.04. The predicted octanol–water partition coefficient (Wildman–Crippen LogP) is 3.38. The Morgan fingerprint density at radius 1 is 0.900 bits per heavy atom. The van der Waals surface area contributed by atoms with Crippen molar-refractivity contribution in [2.45, 2.75) is 20.1 Å². The summed E-state index contributed by atoms with van der Waals surface area (Å²) in [6.07, 6.45) is 0. The second kappa shape index (κ2) is 7.56. The Bertz CT molecular complexity index is 540. The van der Waals surface area contributed by atoms with Gasteiger partial charge in [0.2, 0.25) is 0 Å². The largest absolute Gasteiger partial charge is 0.490 e. The quantitative estimate of drug-likeness (QED) is 0.837. The molecular formula is C17H21NO2. The zero-order valence-electron chi connectivity index (χ0n) is 12.1. The molecule has 0 heterocycles. The Hall–Kier alpha value is -2.00. The molecule has 0 fully saturated rings. The highest BCUT2D eigenvalue weighted by molar-refractivity contribution is 5.39. The van der Waals surface area contributed by atoms with Crippen molar-refractivity contribution in [3.63, 3.8) is 0 Å². The molecule has 0 aliphatic rings. The van der Waals surface area contributed by atoms with E-state index in [1.165, 1.54) is 5.56 Å². The molecule has 0 aliphatic carbocycles. The smallest absolute Gasteiger partial charge is 0.161 e. The first-order chi connectivity index (χ1) is 9.83. The van der Waals surface area contributed by atoms with Crippen LogP contribution in [0.2, 0.25) is 0 Å². The number of para-hydroxylation sites is 2. The van der Waals surface area contributed by atoms with Gasteiger partial charge in [0.1, 0.15) is 6.61 Å². The number of nitrogens with one attached hydrogen (secondary N) is 1. The van der Waals surface area contributed by atoms with E-state index in [0.717, 1.165) is 23.6 Å². The van der Waals surface area contributed by atoms with Gasteiger partial charge >= 0.3 is 0 Å². The van der Waals surface area contributed by atoms with E-state index in [0.29, 0.717) is 13.2 Å². The third-order valence-electron chi connectivity index (χ3n) is 2.92. The lowest BCUT2D eigenvalue weighted by Crippen LogP contribution is -2.06. The van der Waals surface area contributed by atoms with Crippen molar-refractivity contribution >= 4 is 0 Å². The van der Waals surface area contributed by atoms with Crippen LogP contribution in [0.5, 0.6) is 11.5 Å². The Morgan fingerprint density at radius 2 is 1.60 bits per heavy atom. The lowest BCUT2D eigenvalue weighted by Gasteiger charge is -2.12. The van der Waals surface area contributed by atoms with E-state index >= 15 is 0 Å². The normalized spacial score (nSPS) is 10.3. The fourth-order valence-corrected chi connectivity index (χ4v) is 2.04. The van der Waals surface area contributed by atoms with E-state index in [1.807, 2.05) is 38.2 Å². The van der Waals surface area contributed by atoms with Gasteiger partial charge in [0.15, 0.2) is 11.5 Å². The van der Waals surface area contributed by atoms with Crippen LogP contribution in [0.1, 0.15) is 18.1 Å². The third-order valence-corrected chi connectivity index (χ3v) is 2.92. The van der Waals surface area contributed by atoms with Crippen LogP contribution in [-0.2, 0) is 13.2 Å². The first-order valence-electron chi connectivity index (χ1n) is 6.90. The van der Waals surface area contributed by atoms with E-state index in [1.54, 1.807) is 0 Å². The molecule has 0 bridgehead atoms. The molecule has 3 heteroatoms. The van der Waals surface area contributed by atoms with Gasteiger partial charge in [-0.1, -0.05) is 36.4 Å². The first kappa shape index (κ1) is 14.4. The molecule has 2 aromatic rings. The predicted molar refractivity (Wildman–Crippen MR) is 81.1 cm³/mol. The molecule has 20 heavy (non-hydrogen) atoms. The monoisotopic (exact) mass is 271 g/mol. The van der Waals surface area contributed by atoms with Gasteiger partial charge in [0.25, 0.3) is 0 Å². The number of rotatable bonds is 7. The molecule has 3 nitrogen and oxygen atoms in total. The summed E-state index contributed by atoms with van der Waals surface area (Å²) >= 11 is 0. The molecule has 0 unspecified atom stereocenters. The summed E-state index contributed by atoms with van der Waals surface area (Å²) in [6.45, 7) is 4.01. The highest BCUT2D eigenvalue weighted by Crippen LogP contribution is 2.27. The standard InChI is InChI=1S/C17H21NO2/c1-3-19-16-9-4-5-10-17(16)20-13-15-8-6-7-14(11-15)12-18-2/h4-11,18H,3,12-13H2,1-2H3. The first-order valence-corrected chi connectivity index (χ1v) is 6.90. The zero-order chi connectivity index (χ0) is 14.2. The summed E-state index contributed by atoms with van der Waals surface area (Å²) in [6, 6.07) is 16.1. The molecule has 0 atom stereocenters. The van der Waals surface area contributed by atoms with Gasteiger partial charge < -0.3 is 14.8 Å². The second-order valence-corrected chi connectivity index (χ2v) is 4.52. The molecule has 0 spiro atoms. The SMILES string of the molecule is CCOc1ccccc1OCc1cccc(CNC)c1. The van der Waals surface area contributed by atoms with E-state index < -0.39 is 0 Å². The van der Waals surface area contributed by atoms with Gasteiger partial charge in [-0.3, -0.25) is 0 Å². The zero-order valence-corrected chi connectivity index (χ0v) is 12.1. The van der Waals surface area contributed by atoms with Gasteiger partial charge in [-0.25, -0.2) is 0 Å². The molecule has 0 radical (unpaired) electrons. The van der Waals surface area contributed by atoms with Crippen molar-refractivity contribution in [3.05, 3.63) is 59.7 Å². The van der Waals surface area contributed by atoms with Crippen molar-refractivity contribution in [3.8, 4) is 11.5 Å². The van der Waals surface area contributed by atoms with Gasteiger partial charge in [-0.15, -0.1) is 0 Å². The summed E-state index contributed by atoms with van der Waals surface area (Å²) in [4.78, 5) is 0. The fourth-order valence-electron chi connectivity index (χ4n) is 2.04. The Morgan fingerprint density at radius 3 is 2.30 bits per heavy atom. The molecular weight excluding hydrogens is 250 g/mol. The van der Waals surface area contributed by atoms with Crippen LogP contribution in [-0.4, -0.2) is 13.7 Å². The highest BCUT2D eigenvalue weighted by atomic mass is 16.5. The minimum Gasteiger partial charge on any atom is -0.490 e. The van der Waals surface area contributed by atoms with E-state index in [4.69, 9.17) is 9.47 Å². The molecule has 106 valence electrons. The molecule has 0 saturated carbocycles. The van der Waals surface area contributed by atoms with Gasteiger partial charge in [-0.05, 0) is 37.2 Å². The summed E-state index contributed by atoms with van der Waals surface area (Å²) in [5, 5.41) is 3.15. The summed E-state index contributed by atoms with van der Waals surface area (Å²) in [5.41, 5.74) is 2.41. The molecule has 0 saturated heterocycles. The van der Waals surface area contributed by atoms with Crippen LogP contribution in [0, 0.1) is 0 Å². The Balaban J connectivity index is 2.03. The van der Waals surface area contributed by atoms with E-state index in [9.17, 15) is 0 Å². The molecule has 2 rings (SSSR count). The van der Waals surface area contributed by atoms with Gasteiger partial charge in [0.05, 0.1) is 6.61 Å². The molecule has 0 amide bonds. The van der Waals surface area contributed by atoms with Crippen LogP contribution in [0.25, 0.3) is 0 Å². The maximum Gasteiger partial charge on any atom is 0.161 e. The number of hydrogen-bond acceptors (Lipinski definition) is 3. The van der Waals surface area contributed by atoms with Crippen molar-refractivity contribution in [1.29, 1.82) is 0 Å². The minimum atomic E-state index is 0.543. The van der Waals surface area contributed by atoms with Crippen molar-refractivity contribution in [1.82, 2.24) is 5.32 Å². The summed E-state index contributed by atoms with van der Waals surface area (Å²) in [5.74, 6) is 1.58. The topological polar surface area (TPSA) is 30.5 Å². The maximum absolute atomic E-state index is 5.86. The van der Waals surface area contributed by atoms with Crippen molar-refractivity contribution < 1.29 is 9.47 Å². The van der Waals surface area contributed by atoms with Crippen molar-refractivity contribution in [2.75, 3.05) is 13.7 Å².